The fourth-order valence-electron chi connectivity index (χ4n) is 3.87. The molecule has 4 rings (SSSR count). The van der Waals surface area contributed by atoms with Gasteiger partial charge in [0, 0.05) is 16.7 Å². The van der Waals surface area contributed by atoms with Gasteiger partial charge in [0.15, 0.2) is 0 Å². The molecule has 2 heteroatoms. The summed E-state index contributed by atoms with van der Waals surface area (Å²) in [5, 5.41) is 4.77. The highest BCUT2D eigenvalue weighted by molar-refractivity contribution is 5.94. The van der Waals surface area contributed by atoms with Crippen LogP contribution in [0, 0.1) is 0 Å². The van der Waals surface area contributed by atoms with E-state index in [-0.39, 0.29) is 5.92 Å². The Balaban J connectivity index is 1.94. The molecular weight excluding hydrogens is 320 g/mol. The van der Waals surface area contributed by atoms with Gasteiger partial charge in [-0.25, -0.2) is 0 Å². The van der Waals surface area contributed by atoms with E-state index in [1.165, 1.54) is 21.9 Å². The van der Waals surface area contributed by atoms with Crippen molar-refractivity contribution in [2.24, 2.45) is 0 Å². The largest absolute Gasteiger partial charge is 0.496 e. The van der Waals surface area contributed by atoms with Crippen LogP contribution in [0.2, 0.25) is 0 Å². The van der Waals surface area contributed by atoms with E-state index in [1.54, 1.807) is 14.2 Å². The molecule has 0 aliphatic heterocycles. The van der Waals surface area contributed by atoms with Crippen molar-refractivity contribution in [2.45, 2.75) is 12.8 Å². The first-order valence-electron chi connectivity index (χ1n) is 8.86. The molecule has 0 amide bonds. The van der Waals surface area contributed by atoms with Gasteiger partial charge in [-0.1, -0.05) is 67.6 Å². The van der Waals surface area contributed by atoms with E-state index in [4.69, 9.17) is 9.47 Å². The maximum Gasteiger partial charge on any atom is 0.126 e. The van der Waals surface area contributed by atoms with Crippen molar-refractivity contribution in [3.05, 3.63) is 83.9 Å². The highest BCUT2D eigenvalue weighted by atomic mass is 16.5. The number of rotatable bonds is 4. The predicted molar refractivity (Wildman–Crippen MR) is 109 cm³/mol. The van der Waals surface area contributed by atoms with Crippen LogP contribution in [-0.2, 0) is 0 Å². The molecule has 0 fully saturated rings. The Labute approximate surface area is 154 Å². The molecule has 0 saturated carbocycles. The van der Waals surface area contributed by atoms with Gasteiger partial charge >= 0.3 is 0 Å². The summed E-state index contributed by atoms with van der Waals surface area (Å²) < 4.78 is 11.1. The van der Waals surface area contributed by atoms with Crippen LogP contribution in [0.15, 0.2) is 72.8 Å². The first kappa shape index (κ1) is 16.5. The molecule has 0 aliphatic carbocycles. The SMILES string of the molecule is COc1ccc(C(C)c2ccc(OC)c3ccccc23)c2ccccc12. The van der Waals surface area contributed by atoms with Crippen molar-refractivity contribution in [2.75, 3.05) is 14.2 Å². The third kappa shape index (κ3) is 2.59. The van der Waals surface area contributed by atoms with Gasteiger partial charge in [-0.15, -0.1) is 0 Å². The Morgan fingerprint density at radius 1 is 0.538 bits per heavy atom. The molecule has 0 heterocycles. The van der Waals surface area contributed by atoms with E-state index in [2.05, 4.69) is 79.7 Å². The van der Waals surface area contributed by atoms with E-state index < -0.39 is 0 Å². The van der Waals surface area contributed by atoms with Crippen LogP contribution in [0.4, 0.5) is 0 Å². The van der Waals surface area contributed by atoms with Crippen molar-refractivity contribution >= 4 is 21.5 Å². The molecule has 0 bridgehead atoms. The molecule has 0 radical (unpaired) electrons. The fraction of sp³-hybridized carbons (Fsp3) is 0.167. The molecule has 2 nitrogen and oxygen atoms in total. The second kappa shape index (κ2) is 6.72. The molecule has 0 N–H and O–H groups in total. The van der Waals surface area contributed by atoms with Crippen LogP contribution < -0.4 is 9.47 Å². The van der Waals surface area contributed by atoms with E-state index in [1.807, 2.05) is 0 Å². The maximum atomic E-state index is 5.55. The molecule has 0 spiro atoms. The van der Waals surface area contributed by atoms with Crippen molar-refractivity contribution in [1.82, 2.24) is 0 Å². The molecule has 4 aromatic rings. The van der Waals surface area contributed by atoms with E-state index in [0.717, 1.165) is 22.3 Å². The molecular formula is C24H22O2. The average Bonchev–Trinajstić information content (AvgIpc) is 2.71. The molecule has 0 unspecified atom stereocenters. The Hall–Kier alpha value is -3.00. The Bertz CT molecular complexity index is 995. The van der Waals surface area contributed by atoms with Gasteiger partial charge in [0.2, 0.25) is 0 Å². The third-order valence-corrected chi connectivity index (χ3v) is 5.21. The minimum absolute atomic E-state index is 0.251. The first-order chi connectivity index (χ1) is 12.7. The van der Waals surface area contributed by atoms with E-state index in [0.29, 0.717) is 0 Å². The minimum atomic E-state index is 0.251. The lowest BCUT2D eigenvalue weighted by atomic mass is 9.86. The fourth-order valence-corrected chi connectivity index (χ4v) is 3.87. The summed E-state index contributed by atoms with van der Waals surface area (Å²) in [7, 11) is 3.45. The first-order valence-corrected chi connectivity index (χ1v) is 8.86. The number of ether oxygens (including phenoxy) is 2. The summed E-state index contributed by atoms with van der Waals surface area (Å²) >= 11 is 0. The molecule has 0 aromatic heterocycles. The highest BCUT2D eigenvalue weighted by Crippen LogP contribution is 2.39. The standard InChI is InChI=1S/C24H22O2/c1-16(17-12-14-23(25-2)21-10-6-4-8-19(17)21)18-13-15-24(26-3)22-11-7-5-9-20(18)22/h4-16H,1-3H3. The molecule has 26 heavy (non-hydrogen) atoms. The van der Waals surface area contributed by atoms with Gasteiger partial charge < -0.3 is 9.47 Å². The Morgan fingerprint density at radius 3 is 1.31 bits per heavy atom. The zero-order valence-corrected chi connectivity index (χ0v) is 15.3. The molecule has 0 atom stereocenters. The molecule has 4 aromatic carbocycles. The number of hydrogen-bond donors (Lipinski definition) is 0. The monoisotopic (exact) mass is 342 g/mol. The van der Waals surface area contributed by atoms with Gasteiger partial charge in [0.1, 0.15) is 11.5 Å². The molecule has 0 saturated heterocycles. The Morgan fingerprint density at radius 2 is 0.923 bits per heavy atom. The van der Waals surface area contributed by atoms with Crippen molar-refractivity contribution in [3.8, 4) is 11.5 Å². The summed E-state index contributed by atoms with van der Waals surface area (Å²) in [5.74, 6) is 2.08. The summed E-state index contributed by atoms with van der Waals surface area (Å²) in [6.07, 6.45) is 0. The van der Waals surface area contributed by atoms with Crippen LogP contribution >= 0.6 is 0 Å². The van der Waals surface area contributed by atoms with Crippen LogP contribution in [-0.4, -0.2) is 14.2 Å². The van der Waals surface area contributed by atoms with Gasteiger partial charge in [-0.3, -0.25) is 0 Å². The lowest BCUT2D eigenvalue weighted by Crippen LogP contribution is -2.00. The topological polar surface area (TPSA) is 18.5 Å². The quantitative estimate of drug-likeness (QED) is 0.442. The maximum absolute atomic E-state index is 5.55. The van der Waals surface area contributed by atoms with Crippen molar-refractivity contribution in [1.29, 1.82) is 0 Å². The zero-order valence-electron chi connectivity index (χ0n) is 15.3. The van der Waals surface area contributed by atoms with Gasteiger partial charge in [-0.05, 0) is 34.0 Å². The number of hydrogen-bond acceptors (Lipinski definition) is 2. The number of benzene rings is 4. The van der Waals surface area contributed by atoms with Crippen LogP contribution in [0.25, 0.3) is 21.5 Å². The predicted octanol–water partition coefficient (Wildman–Crippen LogP) is 6.16. The van der Waals surface area contributed by atoms with Crippen molar-refractivity contribution < 1.29 is 9.47 Å². The lowest BCUT2D eigenvalue weighted by Gasteiger charge is -2.19. The van der Waals surface area contributed by atoms with Crippen LogP contribution in [0.3, 0.4) is 0 Å². The summed E-state index contributed by atoms with van der Waals surface area (Å²) in [6, 6.07) is 25.4. The summed E-state index contributed by atoms with van der Waals surface area (Å²) in [5.41, 5.74) is 2.61. The lowest BCUT2D eigenvalue weighted by molar-refractivity contribution is 0.419. The van der Waals surface area contributed by atoms with Gasteiger partial charge in [0.25, 0.3) is 0 Å². The van der Waals surface area contributed by atoms with Crippen LogP contribution in [0.5, 0.6) is 11.5 Å². The summed E-state index contributed by atoms with van der Waals surface area (Å²) in [6.45, 7) is 2.27. The van der Waals surface area contributed by atoms with E-state index >= 15 is 0 Å². The van der Waals surface area contributed by atoms with E-state index in [9.17, 15) is 0 Å². The second-order valence-corrected chi connectivity index (χ2v) is 6.53. The van der Waals surface area contributed by atoms with Crippen LogP contribution in [0.1, 0.15) is 24.0 Å². The Kier molecular flexibility index (Phi) is 4.26. The normalized spacial score (nSPS) is 11.2. The smallest absolute Gasteiger partial charge is 0.126 e. The summed E-state index contributed by atoms with van der Waals surface area (Å²) in [4.78, 5) is 0. The van der Waals surface area contributed by atoms with Crippen molar-refractivity contribution in [3.63, 3.8) is 0 Å². The molecule has 130 valence electrons. The minimum Gasteiger partial charge on any atom is -0.496 e. The van der Waals surface area contributed by atoms with Gasteiger partial charge in [-0.2, -0.15) is 0 Å². The average molecular weight is 342 g/mol. The van der Waals surface area contributed by atoms with Gasteiger partial charge in [0.05, 0.1) is 14.2 Å². The second-order valence-electron chi connectivity index (χ2n) is 6.53. The highest BCUT2D eigenvalue weighted by Gasteiger charge is 2.17. The number of methoxy groups -OCH3 is 2. The third-order valence-electron chi connectivity index (χ3n) is 5.21. The molecule has 0 aliphatic rings. The number of fused-ring (bicyclic) bond motifs is 2. The zero-order chi connectivity index (χ0) is 18.1.